The average Bonchev–Trinajstić information content (AvgIpc) is 2.24. The van der Waals surface area contributed by atoms with Crippen LogP contribution in [0.2, 0.25) is 0 Å². The molecule has 2 aliphatic rings. The highest BCUT2D eigenvalue weighted by atomic mass is 35.5. The lowest BCUT2D eigenvalue weighted by molar-refractivity contribution is -0.123. The molecule has 0 aromatic rings. The number of alkyl halides is 2. The Kier molecular flexibility index (Phi) is 5.35. The van der Waals surface area contributed by atoms with E-state index in [1.54, 1.807) is 0 Å². The Balaban J connectivity index is 0.000000165. The van der Waals surface area contributed by atoms with Gasteiger partial charge in [-0.3, -0.25) is 9.59 Å². The van der Waals surface area contributed by atoms with Crippen LogP contribution in [0.25, 0.3) is 0 Å². The fourth-order valence-corrected chi connectivity index (χ4v) is 1.88. The van der Waals surface area contributed by atoms with E-state index in [2.05, 4.69) is 10.6 Å². The van der Waals surface area contributed by atoms with Crippen LogP contribution in [-0.2, 0) is 9.59 Å². The molecule has 2 amide bonds. The average molecular weight is 267 g/mol. The van der Waals surface area contributed by atoms with Gasteiger partial charge in [-0.15, -0.1) is 0 Å². The van der Waals surface area contributed by atoms with Gasteiger partial charge in [0.2, 0.25) is 5.91 Å². The van der Waals surface area contributed by atoms with Crippen molar-refractivity contribution in [3.05, 3.63) is 0 Å². The third-order valence-corrected chi connectivity index (χ3v) is 3.16. The van der Waals surface area contributed by atoms with Gasteiger partial charge in [0.05, 0.1) is 0 Å². The zero-order valence-electron chi connectivity index (χ0n) is 9.02. The SMILES string of the molecule is O=C1CCCCN1.O=C1NCCCC1(Cl)Cl. The van der Waals surface area contributed by atoms with Crippen LogP contribution < -0.4 is 10.6 Å². The van der Waals surface area contributed by atoms with Gasteiger partial charge < -0.3 is 10.6 Å². The Bertz CT molecular complexity index is 262. The fraction of sp³-hybridized carbons (Fsp3) is 0.800. The minimum atomic E-state index is -1.17. The monoisotopic (exact) mass is 266 g/mol. The Morgan fingerprint density at radius 3 is 2.00 bits per heavy atom. The first-order valence-corrected chi connectivity index (χ1v) is 6.21. The van der Waals surface area contributed by atoms with Gasteiger partial charge in [-0.05, 0) is 25.7 Å². The van der Waals surface area contributed by atoms with Gasteiger partial charge in [-0.25, -0.2) is 0 Å². The summed E-state index contributed by atoms with van der Waals surface area (Å²) in [5.41, 5.74) is 0. The smallest absolute Gasteiger partial charge is 0.256 e. The molecule has 2 rings (SSSR count). The van der Waals surface area contributed by atoms with Crippen molar-refractivity contribution in [2.75, 3.05) is 13.1 Å². The summed E-state index contributed by atoms with van der Waals surface area (Å²) < 4.78 is -1.17. The Hall–Kier alpha value is -0.480. The molecule has 2 fully saturated rings. The fourth-order valence-electron chi connectivity index (χ4n) is 1.48. The highest BCUT2D eigenvalue weighted by Gasteiger charge is 2.35. The lowest BCUT2D eigenvalue weighted by atomic mass is 10.1. The van der Waals surface area contributed by atoms with Crippen LogP contribution in [0.15, 0.2) is 0 Å². The topological polar surface area (TPSA) is 58.2 Å². The number of carbonyl (C=O) groups excluding carboxylic acids is 2. The van der Waals surface area contributed by atoms with E-state index in [-0.39, 0.29) is 11.8 Å². The molecule has 0 radical (unpaired) electrons. The highest BCUT2D eigenvalue weighted by molar-refractivity contribution is 6.58. The van der Waals surface area contributed by atoms with Crippen LogP contribution in [-0.4, -0.2) is 29.2 Å². The molecule has 0 saturated carbocycles. The molecule has 2 N–H and O–H groups in total. The first kappa shape index (κ1) is 13.6. The number of nitrogens with one attached hydrogen (secondary N) is 2. The van der Waals surface area contributed by atoms with Crippen LogP contribution in [0.3, 0.4) is 0 Å². The summed E-state index contributed by atoms with van der Waals surface area (Å²) in [7, 11) is 0. The van der Waals surface area contributed by atoms with Gasteiger partial charge >= 0.3 is 0 Å². The second-order valence-electron chi connectivity index (χ2n) is 3.87. The summed E-state index contributed by atoms with van der Waals surface area (Å²) in [5, 5.41) is 5.31. The zero-order chi connectivity index (χ0) is 12.0. The van der Waals surface area contributed by atoms with Crippen molar-refractivity contribution in [1.29, 1.82) is 0 Å². The van der Waals surface area contributed by atoms with Gasteiger partial charge in [0, 0.05) is 19.5 Å². The maximum atomic E-state index is 10.7. The van der Waals surface area contributed by atoms with Crippen molar-refractivity contribution < 1.29 is 9.59 Å². The van der Waals surface area contributed by atoms with E-state index in [0.29, 0.717) is 13.0 Å². The third kappa shape index (κ3) is 4.58. The van der Waals surface area contributed by atoms with E-state index in [0.717, 1.165) is 32.2 Å². The maximum Gasteiger partial charge on any atom is 0.256 e. The van der Waals surface area contributed by atoms with Crippen LogP contribution in [0, 0.1) is 0 Å². The minimum Gasteiger partial charge on any atom is -0.356 e. The lowest BCUT2D eigenvalue weighted by Crippen LogP contribution is -2.43. The number of carbonyl (C=O) groups is 2. The molecule has 2 aliphatic heterocycles. The highest BCUT2D eigenvalue weighted by Crippen LogP contribution is 2.28. The van der Waals surface area contributed by atoms with Gasteiger partial charge in [-0.2, -0.15) is 0 Å². The Morgan fingerprint density at radius 2 is 1.69 bits per heavy atom. The Morgan fingerprint density at radius 1 is 1.00 bits per heavy atom. The molecule has 0 unspecified atom stereocenters. The van der Waals surface area contributed by atoms with E-state index < -0.39 is 4.33 Å². The van der Waals surface area contributed by atoms with Crippen LogP contribution in [0.5, 0.6) is 0 Å². The molecule has 0 aromatic carbocycles. The zero-order valence-corrected chi connectivity index (χ0v) is 10.5. The van der Waals surface area contributed by atoms with Crippen molar-refractivity contribution in [3.8, 4) is 0 Å². The Labute approximate surface area is 105 Å². The minimum absolute atomic E-state index is 0.214. The first-order valence-electron chi connectivity index (χ1n) is 5.45. The molecular weight excluding hydrogens is 251 g/mol. The first-order chi connectivity index (χ1) is 7.52. The van der Waals surface area contributed by atoms with E-state index >= 15 is 0 Å². The van der Waals surface area contributed by atoms with Crippen LogP contribution >= 0.6 is 23.2 Å². The van der Waals surface area contributed by atoms with Crippen molar-refractivity contribution in [2.45, 2.75) is 36.4 Å². The van der Waals surface area contributed by atoms with E-state index in [4.69, 9.17) is 23.2 Å². The summed E-state index contributed by atoms with van der Waals surface area (Å²) >= 11 is 11.2. The molecule has 92 valence electrons. The summed E-state index contributed by atoms with van der Waals surface area (Å²) in [6.45, 7) is 1.58. The van der Waals surface area contributed by atoms with Crippen molar-refractivity contribution in [2.24, 2.45) is 0 Å². The van der Waals surface area contributed by atoms with Gasteiger partial charge in [0.25, 0.3) is 5.91 Å². The van der Waals surface area contributed by atoms with E-state index in [9.17, 15) is 9.59 Å². The molecule has 16 heavy (non-hydrogen) atoms. The predicted octanol–water partition coefficient (Wildman–Crippen LogP) is 1.36. The number of amides is 2. The summed E-state index contributed by atoms with van der Waals surface area (Å²) in [6.07, 6.45) is 4.39. The number of rotatable bonds is 0. The van der Waals surface area contributed by atoms with Crippen molar-refractivity contribution in [1.82, 2.24) is 10.6 Å². The maximum absolute atomic E-state index is 10.7. The summed E-state index contributed by atoms with van der Waals surface area (Å²) in [6, 6.07) is 0. The molecular formula is C10H16Cl2N2O2. The molecule has 0 atom stereocenters. The number of piperidine rings is 2. The van der Waals surface area contributed by atoms with Crippen LogP contribution in [0.4, 0.5) is 0 Å². The van der Waals surface area contributed by atoms with Crippen molar-refractivity contribution >= 4 is 35.0 Å². The lowest BCUT2D eigenvalue weighted by Gasteiger charge is -2.23. The number of hydrogen-bond acceptors (Lipinski definition) is 2. The summed E-state index contributed by atoms with van der Waals surface area (Å²) in [5.74, 6) is -0.0525. The van der Waals surface area contributed by atoms with E-state index in [1.165, 1.54) is 0 Å². The largest absolute Gasteiger partial charge is 0.356 e. The number of halogens is 2. The van der Waals surface area contributed by atoms with Gasteiger partial charge in [0.15, 0.2) is 4.33 Å². The molecule has 6 heteroatoms. The van der Waals surface area contributed by atoms with Gasteiger partial charge in [0.1, 0.15) is 0 Å². The van der Waals surface area contributed by atoms with Crippen LogP contribution in [0.1, 0.15) is 32.1 Å². The normalized spacial score (nSPS) is 23.6. The second kappa shape index (κ2) is 6.30. The van der Waals surface area contributed by atoms with E-state index in [1.807, 2.05) is 0 Å². The van der Waals surface area contributed by atoms with Gasteiger partial charge in [-0.1, -0.05) is 23.2 Å². The molecule has 0 spiro atoms. The quantitative estimate of drug-likeness (QED) is 0.651. The third-order valence-electron chi connectivity index (χ3n) is 2.44. The molecule has 0 aliphatic carbocycles. The predicted molar refractivity (Wildman–Crippen MR) is 63.5 cm³/mol. The molecule has 0 aromatic heterocycles. The molecule has 4 nitrogen and oxygen atoms in total. The summed E-state index contributed by atoms with van der Waals surface area (Å²) in [4.78, 5) is 21.1. The molecule has 2 saturated heterocycles. The number of hydrogen-bond donors (Lipinski definition) is 2. The second-order valence-corrected chi connectivity index (χ2v) is 5.35. The standard InChI is InChI=1S/C5H7Cl2NO.C5H9NO/c6-5(7)2-1-3-8-4(5)9;7-5-3-1-2-4-6-5/h1-3H2,(H,8,9);1-4H2,(H,6,7). The van der Waals surface area contributed by atoms with Crippen molar-refractivity contribution in [3.63, 3.8) is 0 Å². The molecule has 0 bridgehead atoms. The molecule has 2 heterocycles.